The fourth-order valence-electron chi connectivity index (χ4n) is 4.04. The normalized spacial score (nSPS) is 13.5. The predicted molar refractivity (Wildman–Crippen MR) is 133 cm³/mol. The fourth-order valence-corrected chi connectivity index (χ4v) is 4.04. The number of nitrogens with one attached hydrogen (secondary N) is 1. The van der Waals surface area contributed by atoms with Gasteiger partial charge in [0.15, 0.2) is 5.78 Å². The summed E-state index contributed by atoms with van der Waals surface area (Å²) in [5.74, 6) is -1.39. The molecular weight excluding hydrogens is 430 g/mol. The largest absolute Gasteiger partial charge is 0.478 e. The van der Waals surface area contributed by atoms with Crippen LogP contribution in [-0.2, 0) is 0 Å². The molecule has 7 nitrogen and oxygen atoms in total. The van der Waals surface area contributed by atoms with Gasteiger partial charge in [0.25, 0.3) is 5.91 Å². The molecule has 0 unspecified atom stereocenters. The second-order valence-electron chi connectivity index (χ2n) is 8.43. The second-order valence-corrected chi connectivity index (χ2v) is 8.43. The molecule has 3 aromatic rings. The third-order valence-corrected chi connectivity index (χ3v) is 6.08. The summed E-state index contributed by atoms with van der Waals surface area (Å²) in [5.41, 5.74) is 4.39. The number of aromatic carboxylic acids is 1. The van der Waals surface area contributed by atoms with E-state index >= 15 is 0 Å². The van der Waals surface area contributed by atoms with E-state index in [1.807, 2.05) is 49.4 Å². The van der Waals surface area contributed by atoms with Crippen LogP contribution in [0, 0.1) is 6.92 Å². The first-order chi connectivity index (χ1) is 16.3. The molecule has 0 aromatic heterocycles. The van der Waals surface area contributed by atoms with Gasteiger partial charge in [-0.2, -0.15) is 0 Å². The van der Waals surface area contributed by atoms with Gasteiger partial charge in [0.1, 0.15) is 0 Å². The van der Waals surface area contributed by atoms with Crippen molar-refractivity contribution < 1.29 is 19.5 Å². The van der Waals surface area contributed by atoms with Crippen LogP contribution >= 0.6 is 0 Å². The van der Waals surface area contributed by atoms with E-state index in [1.54, 1.807) is 31.2 Å². The minimum atomic E-state index is -1.09. The third kappa shape index (κ3) is 5.09. The Morgan fingerprint density at radius 2 is 1.29 bits per heavy atom. The lowest BCUT2D eigenvalue weighted by Crippen LogP contribution is -2.46. The first-order valence-electron chi connectivity index (χ1n) is 11.2. The molecule has 34 heavy (non-hydrogen) atoms. The van der Waals surface area contributed by atoms with Crippen molar-refractivity contribution in [2.45, 2.75) is 13.8 Å². The van der Waals surface area contributed by atoms with Gasteiger partial charge in [-0.25, -0.2) is 4.79 Å². The third-order valence-electron chi connectivity index (χ3n) is 6.08. The maximum absolute atomic E-state index is 12.6. The highest BCUT2D eigenvalue weighted by atomic mass is 16.4. The topological polar surface area (TPSA) is 90.0 Å². The standard InChI is InChI=1S/C27H27N3O4/c1-18-3-5-21(6-4-18)26(32)28-25-12-11-23(17-24(25)27(33)34)30-15-13-29(14-16-30)22-9-7-20(8-10-22)19(2)31/h3-12,17H,13-16H2,1-2H3,(H,28,32)(H,33,34). The van der Waals surface area contributed by atoms with Crippen LogP contribution in [0.1, 0.15) is 43.6 Å². The number of anilines is 3. The van der Waals surface area contributed by atoms with E-state index in [2.05, 4.69) is 15.1 Å². The summed E-state index contributed by atoms with van der Waals surface area (Å²) in [4.78, 5) is 40.4. The minimum Gasteiger partial charge on any atom is -0.478 e. The highest BCUT2D eigenvalue weighted by Gasteiger charge is 2.21. The van der Waals surface area contributed by atoms with Crippen molar-refractivity contribution in [2.75, 3.05) is 41.3 Å². The molecule has 2 N–H and O–H groups in total. The van der Waals surface area contributed by atoms with Crippen LogP contribution in [0.3, 0.4) is 0 Å². The van der Waals surface area contributed by atoms with Crippen LogP contribution in [0.5, 0.6) is 0 Å². The predicted octanol–water partition coefficient (Wildman–Crippen LogP) is 4.47. The molecule has 1 amide bonds. The Kier molecular flexibility index (Phi) is 6.63. The molecule has 0 bridgehead atoms. The molecule has 0 spiro atoms. The number of benzene rings is 3. The number of carboxylic acids is 1. The van der Waals surface area contributed by atoms with Crippen molar-refractivity contribution in [3.63, 3.8) is 0 Å². The monoisotopic (exact) mass is 457 g/mol. The number of carboxylic acid groups (broad SMARTS) is 1. The number of hydrogen-bond donors (Lipinski definition) is 2. The SMILES string of the molecule is CC(=O)c1ccc(N2CCN(c3ccc(NC(=O)c4ccc(C)cc4)c(C(=O)O)c3)CC2)cc1. The molecule has 1 aliphatic rings. The van der Waals surface area contributed by atoms with E-state index in [1.165, 1.54) is 0 Å². The van der Waals surface area contributed by atoms with E-state index in [-0.39, 0.29) is 22.9 Å². The zero-order valence-electron chi connectivity index (χ0n) is 19.2. The van der Waals surface area contributed by atoms with Crippen LogP contribution in [0.15, 0.2) is 66.7 Å². The zero-order valence-corrected chi connectivity index (χ0v) is 19.2. The fraction of sp³-hybridized carbons (Fsp3) is 0.222. The van der Waals surface area contributed by atoms with Gasteiger partial charge in [0.05, 0.1) is 11.3 Å². The molecule has 0 saturated carbocycles. The van der Waals surface area contributed by atoms with Crippen LogP contribution in [-0.4, -0.2) is 48.9 Å². The molecule has 7 heteroatoms. The molecule has 1 saturated heterocycles. The van der Waals surface area contributed by atoms with Crippen LogP contribution < -0.4 is 15.1 Å². The van der Waals surface area contributed by atoms with Crippen molar-refractivity contribution in [3.8, 4) is 0 Å². The van der Waals surface area contributed by atoms with Crippen molar-refractivity contribution in [2.24, 2.45) is 0 Å². The number of nitrogens with zero attached hydrogens (tertiary/aromatic N) is 2. The lowest BCUT2D eigenvalue weighted by molar-refractivity contribution is 0.0697. The Bertz CT molecular complexity index is 1210. The maximum Gasteiger partial charge on any atom is 0.337 e. The first-order valence-corrected chi connectivity index (χ1v) is 11.2. The Hall–Kier alpha value is -4.13. The summed E-state index contributed by atoms with van der Waals surface area (Å²) in [6.45, 7) is 6.48. The number of Topliss-reactive ketones (excluding diaryl/α,β-unsaturated/α-hetero) is 1. The molecular formula is C27H27N3O4. The number of amides is 1. The number of piperazine rings is 1. The molecule has 174 valence electrons. The molecule has 1 aliphatic heterocycles. The van der Waals surface area contributed by atoms with Gasteiger partial charge in [-0.1, -0.05) is 17.7 Å². The molecule has 1 heterocycles. The minimum absolute atomic E-state index is 0.0455. The van der Waals surface area contributed by atoms with E-state index in [0.717, 1.165) is 43.1 Å². The number of carbonyl (C=O) groups is 3. The number of hydrogen-bond acceptors (Lipinski definition) is 5. The smallest absolute Gasteiger partial charge is 0.337 e. The van der Waals surface area contributed by atoms with Crippen LogP contribution in [0.25, 0.3) is 0 Å². The Labute approximate surface area is 198 Å². The highest BCUT2D eigenvalue weighted by molar-refractivity contribution is 6.08. The average molecular weight is 458 g/mol. The van der Waals surface area contributed by atoms with E-state index in [0.29, 0.717) is 11.1 Å². The summed E-state index contributed by atoms with van der Waals surface area (Å²) in [7, 11) is 0. The first kappa shape index (κ1) is 23.0. The van der Waals surface area contributed by atoms with Crippen molar-refractivity contribution in [1.82, 2.24) is 0 Å². The van der Waals surface area contributed by atoms with Crippen LogP contribution in [0.2, 0.25) is 0 Å². The zero-order chi connectivity index (χ0) is 24.2. The number of aryl methyl sites for hydroxylation is 1. The number of rotatable bonds is 6. The Morgan fingerprint density at radius 3 is 1.85 bits per heavy atom. The lowest BCUT2D eigenvalue weighted by atomic mass is 10.1. The van der Waals surface area contributed by atoms with Crippen molar-refractivity contribution >= 4 is 34.7 Å². The van der Waals surface area contributed by atoms with Gasteiger partial charge < -0.3 is 20.2 Å². The van der Waals surface area contributed by atoms with Crippen LogP contribution in [0.4, 0.5) is 17.1 Å². The average Bonchev–Trinajstić information content (AvgIpc) is 2.84. The summed E-state index contributed by atoms with van der Waals surface area (Å²) >= 11 is 0. The van der Waals surface area contributed by atoms with E-state index in [4.69, 9.17) is 0 Å². The summed E-state index contributed by atoms with van der Waals surface area (Å²) in [6, 6.07) is 19.8. The molecule has 1 fully saturated rings. The number of carbonyl (C=O) groups excluding carboxylic acids is 2. The quantitative estimate of drug-likeness (QED) is 0.531. The van der Waals surface area contributed by atoms with Crippen molar-refractivity contribution in [1.29, 1.82) is 0 Å². The summed E-state index contributed by atoms with van der Waals surface area (Å²) in [5, 5.41) is 12.5. The highest BCUT2D eigenvalue weighted by Crippen LogP contribution is 2.26. The maximum atomic E-state index is 12.6. The molecule has 3 aromatic carbocycles. The summed E-state index contributed by atoms with van der Waals surface area (Å²) < 4.78 is 0. The van der Waals surface area contributed by atoms with Gasteiger partial charge in [0.2, 0.25) is 0 Å². The Morgan fingerprint density at radius 1 is 0.765 bits per heavy atom. The molecule has 0 atom stereocenters. The number of ketones is 1. The van der Waals surface area contributed by atoms with Gasteiger partial charge in [0, 0.05) is 48.7 Å². The van der Waals surface area contributed by atoms with Gasteiger partial charge in [-0.15, -0.1) is 0 Å². The van der Waals surface area contributed by atoms with Crippen molar-refractivity contribution in [3.05, 3.63) is 89.0 Å². The Balaban J connectivity index is 1.45. The molecule has 4 rings (SSSR count). The van der Waals surface area contributed by atoms with E-state index in [9.17, 15) is 19.5 Å². The van der Waals surface area contributed by atoms with Gasteiger partial charge >= 0.3 is 5.97 Å². The lowest BCUT2D eigenvalue weighted by Gasteiger charge is -2.37. The van der Waals surface area contributed by atoms with Gasteiger partial charge in [-0.05, 0) is 68.4 Å². The second kappa shape index (κ2) is 9.79. The molecule has 0 radical (unpaired) electrons. The molecule has 0 aliphatic carbocycles. The summed E-state index contributed by atoms with van der Waals surface area (Å²) in [6.07, 6.45) is 0. The van der Waals surface area contributed by atoms with Gasteiger partial charge in [-0.3, -0.25) is 9.59 Å². The van der Waals surface area contributed by atoms with E-state index < -0.39 is 5.97 Å².